The van der Waals surface area contributed by atoms with E-state index >= 15 is 0 Å². The summed E-state index contributed by atoms with van der Waals surface area (Å²) in [6.45, 7) is 1.33. The van der Waals surface area contributed by atoms with Crippen LogP contribution in [0.4, 0.5) is 5.69 Å². The second-order valence-electron chi connectivity index (χ2n) is 4.24. The molecule has 0 N–H and O–H groups in total. The van der Waals surface area contributed by atoms with E-state index in [0.29, 0.717) is 12.3 Å². The quantitative estimate of drug-likeness (QED) is 0.763. The number of benzene rings is 2. The maximum absolute atomic E-state index is 8.92. The molecule has 1 heterocycles. The van der Waals surface area contributed by atoms with Gasteiger partial charge in [0.2, 0.25) is 0 Å². The summed E-state index contributed by atoms with van der Waals surface area (Å²) in [7, 11) is 0. The standard InChI is InChI=1S/C15H12N2O/c16-9-12-4-3-6-14(8-12)17-10-13-5-1-2-7-15(13)18-11-17/h1-8H,10-11H2. The molecule has 0 radical (unpaired) electrons. The summed E-state index contributed by atoms with van der Waals surface area (Å²) in [6.07, 6.45) is 0. The molecular formula is C15H12N2O. The topological polar surface area (TPSA) is 36.3 Å². The Balaban J connectivity index is 1.90. The Hall–Kier alpha value is -2.47. The van der Waals surface area contributed by atoms with Gasteiger partial charge in [0.15, 0.2) is 6.73 Å². The van der Waals surface area contributed by atoms with E-state index in [0.717, 1.165) is 18.0 Å². The van der Waals surface area contributed by atoms with Crippen LogP contribution >= 0.6 is 0 Å². The van der Waals surface area contributed by atoms with Crippen molar-refractivity contribution in [2.45, 2.75) is 6.54 Å². The van der Waals surface area contributed by atoms with Gasteiger partial charge in [-0.2, -0.15) is 5.26 Å². The number of nitriles is 1. The molecule has 0 bridgehead atoms. The third-order valence-corrected chi connectivity index (χ3v) is 3.05. The number of hydrogen-bond acceptors (Lipinski definition) is 3. The van der Waals surface area contributed by atoms with Crippen LogP contribution in [0.1, 0.15) is 11.1 Å². The van der Waals surface area contributed by atoms with E-state index in [1.165, 1.54) is 5.56 Å². The molecule has 0 unspecified atom stereocenters. The van der Waals surface area contributed by atoms with Gasteiger partial charge in [0.05, 0.1) is 11.6 Å². The molecule has 0 fully saturated rings. The minimum Gasteiger partial charge on any atom is -0.473 e. The lowest BCUT2D eigenvalue weighted by molar-refractivity contribution is 0.289. The third-order valence-electron chi connectivity index (χ3n) is 3.05. The first kappa shape index (κ1) is 10.7. The van der Waals surface area contributed by atoms with Gasteiger partial charge >= 0.3 is 0 Å². The van der Waals surface area contributed by atoms with Crippen LogP contribution in [0.25, 0.3) is 0 Å². The van der Waals surface area contributed by atoms with Gasteiger partial charge in [-0.1, -0.05) is 24.3 Å². The van der Waals surface area contributed by atoms with Gasteiger partial charge in [0, 0.05) is 17.8 Å². The molecule has 3 nitrogen and oxygen atoms in total. The lowest BCUT2D eigenvalue weighted by Crippen LogP contribution is -2.31. The van der Waals surface area contributed by atoms with Crippen LogP contribution in [0.15, 0.2) is 48.5 Å². The summed E-state index contributed by atoms with van der Waals surface area (Å²) in [5.74, 6) is 0.949. The van der Waals surface area contributed by atoms with Crippen LogP contribution < -0.4 is 9.64 Å². The van der Waals surface area contributed by atoms with Gasteiger partial charge in [-0.15, -0.1) is 0 Å². The number of ether oxygens (including phenoxy) is 1. The van der Waals surface area contributed by atoms with E-state index < -0.39 is 0 Å². The predicted molar refractivity (Wildman–Crippen MR) is 69.3 cm³/mol. The molecule has 0 saturated heterocycles. The van der Waals surface area contributed by atoms with Crippen molar-refractivity contribution in [3.63, 3.8) is 0 Å². The number of rotatable bonds is 1. The van der Waals surface area contributed by atoms with Crippen molar-refractivity contribution >= 4 is 5.69 Å². The van der Waals surface area contributed by atoms with E-state index in [4.69, 9.17) is 10.00 Å². The predicted octanol–water partition coefficient (Wildman–Crippen LogP) is 2.91. The summed E-state index contributed by atoms with van der Waals surface area (Å²) in [5, 5.41) is 8.92. The van der Waals surface area contributed by atoms with Gasteiger partial charge in [-0.3, -0.25) is 0 Å². The molecule has 0 atom stereocenters. The van der Waals surface area contributed by atoms with Gasteiger partial charge in [0.1, 0.15) is 5.75 Å². The van der Waals surface area contributed by atoms with Gasteiger partial charge < -0.3 is 9.64 Å². The monoisotopic (exact) mass is 236 g/mol. The molecule has 0 amide bonds. The van der Waals surface area contributed by atoms with Crippen LogP contribution in [0.2, 0.25) is 0 Å². The number of fused-ring (bicyclic) bond motifs is 1. The van der Waals surface area contributed by atoms with Crippen molar-refractivity contribution in [3.8, 4) is 11.8 Å². The number of anilines is 1. The van der Waals surface area contributed by atoms with E-state index in [9.17, 15) is 0 Å². The van der Waals surface area contributed by atoms with E-state index in [-0.39, 0.29) is 0 Å². The summed E-state index contributed by atoms with van der Waals surface area (Å²) in [5.41, 5.74) is 2.86. The van der Waals surface area contributed by atoms with Crippen molar-refractivity contribution in [3.05, 3.63) is 59.7 Å². The Bertz CT molecular complexity index is 616. The molecule has 18 heavy (non-hydrogen) atoms. The molecule has 0 aromatic heterocycles. The fourth-order valence-electron chi connectivity index (χ4n) is 2.11. The zero-order valence-corrected chi connectivity index (χ0v) is 9.84. The van der Waals surface area contributed by atoms with Crippen LogP contribution in [0.3, 0.4) is 0 Å². The third kappa shape index (κ3) is 1.89. The first-order chi connectivity index (χ1) is 8.86. The average molecular weight is 236 g/mol. The van der Waals surface area contributed by atoms with E-state index in [2.05, 4.69) is 17.0 Å². The molecule has 1 aliphatic heterocycles. The molecule has 2 aromatic rings. The molecule has 88 valence electrons. The molecule has 1 aliphatic rings. The average Bonchev–Trinajstić information content (AvgIpc) is 2.47. The Labute approximate surface area is 106 Å². The van der Waals surface area contributed by atoms with Crippen molar-refractivity contribution in [1.29, 1.82) is 5.26 Å². The molecule has 3 rings (SSSR count). The first-order valence-corrected chi connectivity index (χ1v) is 5.82. The highest BCUT2D eigenvalue weighted by atomic mass is 16.5. The highest BCUT2D eigenvalue weighted by Gasteiger charge is 2.16. The minimum atomic E-state index is 0.520. The first-order valence-electron chi connectivity index (χ1n) is 5.82. The minimum absolute atomic E-state index is 0.520. The van der Waals surface area contributed by atoms with Crippen LogP contribution in [0.5, 0.6) is 5.75 Å². The number of para-hydroxylation sites is 1. The van der Waals surface area contributed by atoms with Crippen LogP contribution in [-0.4, -0.2) is 6.73 Å². The Morgan fingerprint density at radius 1 is 1.11 bits per heavy atom. The molecule has 0 saturated carbocycles. The summed E-state index contributed by atoms with van der Waals surface area (Å²) >= 11 is 0. The van der Waals surface area contributed by atoms with Crippen molar-refractivity contribution in [2.75, 3.05) is 11.6 Å². The second kappa shape index (κ2) is 4.42. The zero-order chi connectivity index (χ0) is 12.4. The Kier molecular flexibility index (Phi) is 2.62. The van der Waals surface area contributed by atoms with Crippen molar-refractivity contribution in [1.82, 2.24) is 0 Å². The molecule has 3 heteroatoms. The highest BCUT2D eigenvalue weighted by Crippen LogP contribution is 2.28. The smallest absolute Gasteiger partial charge is 0.161 e. The largest absolute Gasteiger partial charge is 0.473 e. The number of hydrogen-bond donors (Lipinski definition) is 0. The summed E-state index contributed by atoms with van der Waals surface area (Å²) in [4.78, 5) is 2.11. The lowest BCUT2D eigenvalue weighted by Gasteiger charge is -2.30. The lowest BCUT2D eigenvalue weighted by atomic mass is 10.1. The Morgan fingerprint density at radius 3 is 2.89 bits per heavy atom. The summed E-state index contributed by atoms with van der Waals surface area (Å²) in [6, 6.07) is 17.8. The van der Waals surface area contributed by atoms with Crippen molar-refractivity contribution < 1.29 is 4.74 Å². The fourth-order valence-corrected chi connectivity index (χ4v) is 2.11. The van der Waals surface area contributed by atoms with Gasteiger partial charge in [-0.25, -0.2) is 0 Å². The number of nitrogens with zero attached hydrogens (tertiary/aromatic N) is 2. The maximum Gasteiger partial charge on any atom is 0.161 e. The van der Waals surface area contributed by atoms with Crippen LogP contribution in [-0.2, 0) is 6.54 Å². The van der Waals surface area contributed by atoms with E-state index in [1.807, 2.05) is 42.5 Å². The zero-order valence-electron chi connectivity index (χ0n) is 9.84. The van der Waals surface area contributed by atoms with Crippen molar-refractivity contribution in [2.24, 2.45) is 0 Å². The second-order valence-corrected chi connectivity index (χ2v) is 4.24. The maximum atomic E-state index is 8.92. The SMILES string of the molecule is N#Cc1cccc(N2COc3ccccc3C2)c1. The molecule has 0 aliphatic carbocycles. The van der Waals surface area contributed by atoms with Gasteiger partial charge in [-0.05, 0) is 24.3 Å². The summed E-state index contributed by atoms with van der Waals surface area (Å²) < 4.78 is 5.71. The van der Waals surface area contributed by atoms with Crippen LogP contribution in [0, 0.1) is 11.3 Å². The van der Waals surface area contributed by atoms with E-state index in [1.54, 1.807) is 0 Å². The Morgan fingerprint density at radius 2 is 2.00 bits per heavy atom. The van der Waals surface area contributed by atoms with Gasteiger partial charge in [0.25, 0.3) is 0 Å². The molecule has 2 aromatic carbocycles. The fraction of sp³-hybridized carbons (Fsp3) is 0.133. The molecular weight excluding hydrogens is 224 g/mol. The molecule has 0 spiro atoms. The normalized spacial score (nSPS) is 13.4. The highest BCUT2D eigenvalue weighted by molar-refractivity contribution is 5.53.